The van der Waals surface area contributed by atoms with Crippen LogP contribution >= 0.6 is 0 Å². The fourth-order valence-electron chi connectivity index (χ4n) is 3.40. The molecule has 6 nitrogen and oxygen atoms in total. The molecule has 0 saturated carbocycles. The first-order chi connectivity index (χ1) is 15.5. The van der Waals surface area contributed by atoms with Gasteiger partial charge in [-0.15, -0.1) is 0 Å². The molecule has 2 aromatic carbocycles. The van der Waals surface area contributed by atoms with Crippen LogP contribution in [0.5, 0.6) is 11.5 Å². The first-order valence-electron chi connectivity index (χ1n) is 11.5. The van der Waals surface area contributed by atoms with Crippen LogP contribution in [0.3, 0.4) is 0 Å². The van der Waals surface area contributed by atoms with Crippen molar-refractivity contribution < 1.29 is 19.1 Å². The second-order valence-corrected chi connectivity index (χ2v) is 7.62. The number of aryl methyl sites for hydroxylation is 1. The molecule has 0 spiro atoms. The second kappa shape index (κ2) is 13.4. The van der Waals surface area contributed by atoms with Gasteiger partial charge in [-0.3, -0.25) is 9.59 Å². The predicted molar refractivity (Wildman–Crippen MR) is 127 cm³/mol. The Morgan fingerprint density at radius 3 is 2.28 bits per heavy atom. The molecule has 174 valence electrons. The topological polar surface area (TPSA) is 67.9 Å². The Hall–Kier alpha value is -3.02. The number of carbonyl (C=O) groups excluding carboxylic acids is 2. The van der Waals surface area contributed by atoms with Gasteiger partial charge in [0.05, 0.1) is 13.2 Å². The van der Waals surface area contributed by atoms with E-state index in [-0.39, 0.29) is 11.8 Å². The van der Waals surface area contributed by atoms with Crippen LogP contribution in [0.25, 0.3) is 0 Å². The minimum absolute atomic E-state index is 0.0557. The Labute approximate surface area is 191 Å². The highest BCUT2D eigenvalue weighted by atomic mass is 16.5. The summed E-state index contributed by atoms with van der Waals surface area (Å²) in [5, 5.41) is 2.90. The van der Waals surface area contributed by atoms with Crippen LogP contribution < -0.4 is 14.8 Å². The molecule has 6 heteroatoms. The maximum atomic E-state index is 13.2. The van der Waals surface area contributed by atoms with Crippen molar-refractivity contribution in [2.24, 2.45) is 0 Å². The van der Waals surface area contributed by atoms with Crippen molar-refractivity contribution in [1.29, 1.82) is 0 Å². The standard InChI is InChI=1S/C26H36N2O4/c1-5-17-27-26(30)20(4)28(19-22-11-9-8-10-12-22)25(29)16-14-21-13-15-23(31-6-2)24(18-21)32-7-3/h8-13,15,18,20H,5-7,14,16-17,19H2,1-4H3,(H,27,30)/t20-/m1/s1. The molecule has 0 aliphatic rings. The maximum Gasteiger partial charge on any atom is 0.242 e. The number of amides is 2. The molecule has 0 aromatic heterocycles. The first kappa shape index (κ1) is 25.2. The van der Waals surface area contributed by atoms with Gasteiger partial charge in [0, 0.05) is 19.5 Å². The summed E-state index contributed by atoms with van der Waals surface area (Å²) in [5.41, 5.74) is 1.99. The van der Waals surface area contributed by atoms with E-state index in [1.54, 1.807) is 11.8 Å². The van der Waals surface area contributed by atoms with E-state index in [4.69, 9.17) is 9.47 Å². The van der Waals surface area contributed by atoms with E-state index in [9.17, 15) is 9.59 Å². The predicted octanol–water partition coefficient (Wildman–Crippen LogP) is 4.36. The van der Waals surface area contributed by atoms with Crippen LogP contribution in [-0.4, -0.2) is 42.5 Å². The Morgan fingerprint density at radius 2 is 1.62 bits per heavy atom. The highest BCUT2D eigenvalue weighted by Gasteiger charge is 2.25. The summed E-state index contributed by atoms with van der Waals surface area (Å²) in [6.07, 6.45) is 1.71. The summed E-state index contributed by atoms with van der Waals surface area (Å²) >= 11 is 0. The molecular weight excluding hydrogens is 404 g/mol. The average Bonchev–Trinajstić information content (AvgIpc) is 2.81. The van der Waals surface area contributed by atoms with Crippen molar-refractivity contribution in [3.8, 4) is 11.5 Å². The van der Waals surface area contributed by atoms with Gasteiger partial charge in [0.15, 0.2) is 11.5 Å². The van der Waals surface area contributed by atoms with Crippen molar-refractivity contribution in [3.05, 3.63) is 59.7 Å². The summed E-state index contributed by atoms with van der Waals surface area (Å²) in [5.74, 6) is 1.21. The minimum Gasteiger partial charge on any atom is -0.490 e. The van der Waals surface area contributed by atoms with Crippen molar-refractivity contribution in [1.82, 2.24) is 10.2 Å². The number of hydrogen-bond donors (Lipinski definition) is 1. The molecule has 0 heterocycles. The van der Waals surface area contributed by atoms with Gasteiger partial charge in [0.1, 0.15) is 6.04 Å². The molecule has 2 rings (SSSR count). The molecule has 0 fully saturated rings. The van der Waals surface area contributed by atoms with Crippen LogP contribution in [0, 0.1) is 0 Å². The number of ether oxygens (including phenoxy) is 2. The lowest BCUT2D eigenvalue weighted by Crippen LogP contribution is -2.47. The van der Waals surface area contributed by atoms with Crippen molar-refractivity contribution in [2.75, 3.05) is 19.8 Å². The van der Waals surface area contributed by atoms with E-state index in [2.05, 4.69) is 5.32 Å². The lowest BCUT2D eigenvalue weighted by Gasteiger charge is -2.29. The van der Waals surface area contributed by atoms with Crippen LogP contribution in [0.1, 0.15) is 51.7 Å². The molecular formula is C26H36N2O4. The average molecular weight is 441 g/mol. The second-order valence-electron chi connectivity index (χ2n) is 7.62. The van der Waals surface area contributed by atoms with E-state index in [0.29, 0.717) is 50.6 Å². The molecule has 2 aromatic rings. The molecule has 0 unspecified atom stereocenters. The summed E-state index contributed by atoms with van der Waals surface area (Å²) in [6.45, 7) is 9.75. The third-order valence-corrected chi connectivity index (χ3v) is 5.15. The van der Waals surface area contributed by atoms with E-state index < -0.39 is 6.04 Å². The molecule has 1 N–H and O–H groups in total. The molecule has 0 bridgehead atoms. The number of rotatable bonds is 13. The zero-order valence-corrected chi connectivity index (χ0v) is 19.7. The monoisotopic (exact) mass is 440 g/mol. The molecule has 0 aliphatic carbocycles. The zero-order valence-electron chi connectivity index (χ0n) is 19.7. The highest BCUT2D eigenvalue weighted by Crippen LogP contribution is 2.29. The van der Waals surface area contributed by atoms with Gasteiger partial charge in [-0.25, -0.2) is 0 Å². The lowest BCUT2D eigenvalue weighted by atomic mass is 10.1. The normalized spacial score (nSPS) is 11.5. The number of hydrogen-bond acceptors (Lipinski definition) is 4. The molecule has 0 aliphatic heterocycles. The van der Waals surface area contributed by atoms with E-state index >= 15 is 0 Å². The summed E-state index contributed by atoms with van der Waals surface area (Å²) in [4.78, 5) is 27.5. The number of carbonyl (C=O) groups is 2. The van der Waals surface area contributed by atoms with Crippen molar-refractivity contribution in [3.63, 3.8) is 0 Å². The number of nitrogens with one attached hydrogen (secondary N) is 1. The van der Waals surface area contributed by atoms with Gasteiger partial charge in [0.2, 0.25) is 11.8 Å². The van der Waals surface area contributed by atoms with Crippen LogP contribution in [0.4, 0.5) is 0 Å². The third-order valence-electron chi connectivity index (χ3n) is 5.15. The molecule has 0 saturated heterocycles. The Balaban J connectivity index is 2.13. The van der Waals surface area contributed by atoms with Crippen molar-refractivity contribution in [2.45, 2.75) is 59.5 Å². The van der Waals surface area contributed by atoms with Gasteiger partial charge < -0.3 is 19.7 Å². The van der Waals surface area contributed by atoms with E-state index in [0.717, 1.165) is 17.5 Å². The lowest BCUT2D eigenvalue weighted by molar-refractivity contribution is -0.140. The van der Waals surface area contributed by atoms with Gasteiger partial charge in [-0.05, 0) is 56.9 Å². The van der Waals surface area contributed by atoms with Gasteiger partial charge in [-0.1, -0.05) is 43.3 Å². The van der Waals surface area contributed by atoms with Crippen LogP contribution in [-0.2, 0) is 22.6 Å². The van der Waals surface area contributed by atoms with E-state index in [1.807, 2.05) is 69.3 Å². The Morgan fingerprint density at radius 1 is 0.938 bits per heavy atom. The maximum absolute atomic E-state index is 13.2. The Bertz CT molecular complexity index is 854. The Kier molecular flexibility index (Phi) is 10.6. The summed E-state index contributed by atoms with van der Waals surface area (Å²) < 4.78 is 11.3. The summed E-state index contributed by atoms with van der Waals surface area (Å²) in [7, 11) is 0. The molecule has 0 radical (unpaired) electrons. The first-order valence-corrected chi connectivity index (χ1v) is 11.5. The molecule has 1 atom stereocenters. The zero-order chi connectivity index (χ0) is 23.3. The quantitative estimate of drug-likeness (QED) is 0.503. The van der Waals surface area contributed by atoms with Gasteiger partial charge in [-0.2, -0.15) is 0 Å². The van der Waals surface area contributed by atoms with Crippen LogP contribution in [0.2, 0.25) is 0 Å². The van der Waals surface area contributed by atoms with Gasteiger partial charge in [0.25, 0.3) is 0 Å². The van der Waals surface area contributed by atoms with Gasteiger partial charge >= 0.3 is 0 Å². The fourth-order valence-corrected chi connectivity index (χ4v) is 3.40. The minimum atomic E-state index is -0.548. The largest absolute Gasteiger partial charge is 0.490 e. The third kappa shape index (κ3) is 7.59. The highest BCUT2D eigenvalue weighted by molar-refractivity contribution is 5.87. The SMILES string of the molecule is CCCNC(=O)[C@@H](C)N(Cc1ccccc1)C(=O)CCc1ccc(OCC)c(OCC)c1. The number of benzene rings is 2. The fraction of sp³-hybridized carbons (Fsp3) is 0.462. The number of nitrogens with zero attached hydrogens (tertiary/aromatic N) is 1. The van der Waals surface area contributed by atoms with E-state index in [1.165, 1.54) is 0 Å². The molecule has 2 amide bonds. The van der Waals surface area contributed by atoms with Crippen LogP contribution in [0.15, 0.2) is 48.5 Å². The molecule has 32 heavy (non-hydrogen) atoms. The smallest absolute Gasteiger partial charge is 0.242 e. The summed E-state index contributed by atoms with van der Waals surface area (Å²) in [6, 6.07) is 15.0. The van der Waals surface area contributed by atoms with Crippen molar-refractivity contribution >= 4 is 11.8 Å².